The van der Waals surface area contributed by atoms with Gasteiger partial charge in [-0.05, 0) is 51.0 Å². The Labute approximate surface area is 131 Å². The summed E-state index contributed by atoms with van der Waals surface area (Å²) in [5, 5.41) is 10.4. The molecule has 2 rings (SSSR count). The first-order chi connectivity index (χ1) is 9.66. The second-order valence-electron chi connectivity index (χ2n) is 7.55. The van der Waals surface area contributed by atoms with E-state index < -0.39 is 11.0 Å². The highest BCUT2D eigenvalue weighted by Crippen LogP contribution is 2.52. The van der Waals surface area contributed by atoms with E-state index in [4.69, 9.17) is 10.2 Å². The van der Waals surface area contributed by atoms with Crippen molar-refractivity contribution in [1.82, 2.24) is 9.78 Å². The van der Waals surface area contributed by atoms with Gasteiger partial charge in [-0.1, -0.05) is 19.8 Å². The number of aryl methyl sites for hydroxylation is 2. The fourth-order valence-corrected chi connectivity index (χ4v) is 4.08. The van der Waals surface area contributed by atoms with Crippen LogP contribution in [0, 0.1) is 12.3 Å². The Morgan fingerprint density at radius 1 is 1.48 bits per heavy atom. The summed E-state index contributed by atoms with van der Waals surface area (Å²) in [5.74, 6) is 0.323. The van der Waals surface area contributed by atoms with Crippen molar-refractivity contribution in [2.75, 3.05) is 0 Å². The predicted octanol–water partition coefficient (Wildman–Crippen LogP) is 3.18. The lowest BCUT2D eigenvalue weighted by Crippen LogP contribution is -2.37. The van der Waals surface area contributed by atoms with Crippen molar-refractivity contribution in [2.24, 2.45) is 17.6 Å². The number of nitrogens with two attached hydrogens (primary N) is 1. The van der Waals surface area contributed by atoms with Crippen molar-refractivity contribution in [3.63, 3.8) is 0 Å². The molecule has 1 unspecified atom stereocenters. The summed E-state index contributed by atoms with van der Waals surface area (Å²) in [5.41, 5.74) is 2.64. The molecular weight excluding hydrogens is 282 g/mol. The van der Waals surface area contributed by atoms with E-state index in [0.717, 1.165) is 6.42 Å². The molecule has 1 fully saturated rings. The van der Waals surface area contributed by atoms with E-state index in [9.17, 15) is 4.21 Å². The summed E-state index contributed by atoms with van der Waals surface area (Å²) in [6.45, 7) is 8.51. The molecule has 0 saturated heterocycles. The summed E-state index contributed by atoms with van der Waals surface area (Å²) in [4.78, 5) is 0. The summed E-state index contributed by atoms with van der Waals surface area (Å²) in [7, 11) is 0.646. The van der Waals surface area contributed by atoms with Crippen LogP contribution in [0.2, 0.25) is 0 Å². The molecule has 0 amide bonds. The predicted molar refractivity (Wildman–Crippen MR) is 88.3 cm³/mol. The van der Waals surface area contributed by atoms with E-state index in [1.54, 1.807) is 0 Å². The maximum absolute atomic E-state index is 11.9. The lowest BCUT2D eigenvalue weighted by Gasteiger charge is -2.38. The van der Waals surface area contributed by atoms with E-state index in [1.807, 2.05) is 25.6 Å². The van der Waals surface area contributed by atoms with Crippen molar-refractivity contribution in [3.8, 4) is 0 Å². The number of nitrogens with zero attached hydrogens (tertiary/aromatic N) is 2. The van der Waals surface area contributed by atoms with Gasteiger partial charge in [0.25, 0.3) is 0 Å². The first-order valence-corrected chi connectivity index (χ1v) is 9.03. The van der Waals surface area contributed by atoms with Gasteiger partial charge in [0.2, 0.25) is 0 Å². The Morgan fingerprint density at radius 2 is 2.05 bits per heavy atom. The van der Waals surface area contributed by atoms with E-state index in [1.165, 1.54) is 36.9 Å². The summed E-state index contributed by atoms with van der Waals surface area (Å²) in [6.07, 6.45) is 7.91. The van der Waals surface area contributed by atoms with Gasteiger partial charge in [0.05, 0.1) is 21.4 Å². The van der Waals surface area contributed by atoms with Gasteiger partial charge in [-0.3, -0.25) is 9.82 Å². The van der Waals surface area contributed by atoms with Crippen LogP contribution in [0.4, 0.5) is 0 Å². The van der Waals surface area contributed by atoms with Crippen LogP contribution in [0.25, 0.3) is 0 Å². The maximum Gasteiger partial charge on any atom is 0.0945 e. The fourth-order valence-electron chi connectivity index (χ4n) is 3.75. The zero-order chi connectivity index (χ0) is 15.8. The molecule has 0 bridgehead atoms. The minimum atomic E-state index is -1.32. The number of hydrogen-bond acceptors (Lipinski definition) is 2. The Kier molecular flexibility index (Phi) is 4.64. The van der Waals surface area contributed by atoms with Crippen molar-refractivity contribution in [1.29, 1.82) is 0 Å². The number of aromatic nitrogens is 2. The smallest absolute Gasteiger partial charge is 0.0945 e. The van der Waals surface area contributed by atoms with Crippen molar-refractivity contribution >= 4 is 11.0 Å². The standard InChI is InChI=1S/C16H29N3OS/c1-12-11-19(5)18-14(12)13(10-15(2,3)21(17)20)16(4)8-6-7-9-16/h11,13H,6-10,17H2,1-5H3/t13-,21?/m0/s1. The zero-order valence-electron chi connectivity index (χ0n) is 14.0. The monoisotopic (exact) mass is 311 g/mol. The minimum absolute atomic E-state index is 0.246. The van der Waals surface area contributed by atoms with Gasteiger partial charge in [0, 0.05) is 19.2 Å². The molecule has 2 N–H and O–H groups in total. The Morgan fingerprint density at radius 3 is 2.48 bits per heavy atom. The van der Waals surface area contributed by atoms with Crippen LogP contribution in [0.1, 0.15) is 70.1 Å². The van der Waals surface area contributed by atoms with Crippen LogP contribution in [-0.4, -0.2) is 18.7 Å². The second-order valence-corrected chi connectivity index (χ2v) is 9.25. The first-order valence-electron chi connectivity index (χ1n) is 7.82. The largest absolute Gasteiger partial charge is 0.275 e. The molecule has 1 heterocycles. The SMILES string of the molecule is Cc1cn(C)nc1[C@H](CC(C)(C)S(N)=O)C1(C)CCCC1. The van der Waals surface area contributed by atoms with Crippen LogP contribution in [0.5, 0.6) is 0 Å². The van der Waals surface area contributed by atoms with E-state index in [-0.39, 0.29) is 10.2 Å². The molecule has 1 aliphatic carbocycles. The fraction of sp³-hybridized carbons (Fsp3) is 0.812. The average Bonchev–Trinajstić information content (AvgIpc) is 2.93. The first kappa shape index (κ1) is 16.7. The van der Waals surface area contributed by atoms with Crippen molar-refractivity contribution in [3.05, 3.63) is 17.5 Å². The normalized spacial score (nSPS) is 21.4. The molecule has 1 saturated carbocycles. The molecule has 21 heavy (non-hydrogen) atoms. The minimum Gasteiger partial charge on any atom is -0.275 e. The van der Waals surface area contributed by atoms with Gasteiger partial charge in [0.15, 0.2) is 0 Å². The Bertz CT molecular complexity index is 530. The van der Waals surface area contributed by atoms with Crippen molar-refractivity contribution < 1.29 is 4.21 Å². The molecule has 120 valence electrons. The van der Waals surface area contributed by atoms with Crippen LogP contribution < -0.4 is 5.14 Å². The van der Waals surface area contributed by atoms with Gasteiger partial charge in [0.1, 0.15) is 0 Å². The van der Waals surface area contributed by atoms with Crippen LogP contribution in [0.15, 0.2) is 6.20 Å². The third-order valence-corrected chi connectivity index (χ3v) is 6.46. The Hall–Kier alpha value is -0.680. The molecule has 1 aromatic heterocycles. The quantitative estimate of drug-likeness (QED) is 0.908. The molecule has 0 radical (unpaired) electrons. The zero-order valence-corrected chi connectivity index (χ0v) is 14.8. The van der Waals surface area contributed by atoms with Gasteiger partial charge < -0.3 is 0 Å². The summed E-state index contributed by atoms with van der Waals surface area (Å²) >= 11 is 0. The highest BCUT2D eigenvalue weighted by atomic mass is 32.2. The summed E-state index contributed by atoms with van der Waals surface area (Å²) in [6, 6.07) is 0. The van der Waals surface area contributed by atoms with Crippen LogP contribution in [0.3, 0.4) is 0 Å². The van der Waals surface area contributed by atoms with Crippen molar-refractivity contribution in [2.45, 2.75) is 70.5 Å². The van der Waals surface area contributed by atoms with Gasteiger partial charge in [-0.25, -0.2) is 4.21 Å². The third kappa shape index (κ3) is 3.39. The molecule has 5 heteroatoms. The van der Waals surface area contributed by atoms with E-state index in [2.05, 4.69) is 20.0 Å². The maximum atomic E-state index is 11.9. The molecule has 1 aromatic rings. The summed E-state index contributed by atoms with van der Waals surface area (Å²) < 4.78 is 13.4. The van der Waals surface area contributed by atoms with Gasteiger partial charge >= 0.3 is 0 Å². The van der Waals surface area contributed by atoms with E-state index in [0.29, 0.717) is 5.92 Å². The van der Waals surface area contributed by atoms with E-state index >= 15 is 0 Å². The highest BCUT2D eigenvalue weighted by Gasteiger charge is 2.43. The molecule has 2 atom stereocenters. The molecule has 4 nitrogen and oxygen atoms in total. The lowest BCUT2D eigenvalue weighted by atomic mass is 9.70. The number of rotatable bonds is 5. The molecule has 1 aliphatic rings. The number of hydrogen-bond donors (Lipinski definition) is 1. The molecule has 0 spiro atoms. The topological polar surface area (TPSA) is 60.9 Å². The highest BCUT2D eigenvalue weighted by molar-refractivity contribution is 7.84. The van der Waals surface area contributed by atoms with Gasteiger partial charge in [-0.2, -0.15) is 5.10 Å². The molecular formula is C16H29N3OS. The molecule has 0 aromatic carbocycles. The molecule has 0 aliphatic heterocycles. The van der Waals surface area contributed by atoms with Crippen LogP contribution in [-0.2, 0) is 18.0 Å². The average molecular weight is 311 g/mol. The Balaban J connectivity index is 2.40. The second kappa shape index (κ2) is 5.84. The lowest BCUT2D eigenvalue weighted by molar-refractivity contribution is 0.231. The third-order valence-electron chi connectivity index (χ3n) is 5.21. The van der Waals surface area contributed by atoms with Gasteiger partial charge in [-0.15, -0.1) is 0 Å². The van der Waals surface area contributed by atoms with Crippen LogP contribution >= 0.6 is 0 Å².